The fourth-order valence-corrected chi connectivity index (χ4v) is 1.35. The van der Waals surface area contributed by atoms with Crippen LogP contribution in [0.3, 0.4) is 0 Å². The second-order valence-corrected chi connectivity index (χ2v) is 3.84. The van der Waals surface area contributed by atoms with Gasteiger partial charge in [-0.05, 0) is 31.0 Å². The summed E-state index contributed by atoms with van der Waals surface area (Å²) in [5.41, 5.74) is 2.79. The Bertz CT molecular complexity index is 266. The van der Waals surface area contributed by atoms with Crippen LogP contribution in [0.1, 0.15) is 43.9 Å². The highest BCUT2D eigenvalue weighted by Gasteiger charge is 2.04. The van der Waals surface area contributed by atoms with E-state index in [0.717, 1.165) is 0 Å². The molecule has 1 rings (SSSR count). The van der Waals surface area contributed by atoms with Gasteiger partial charge in [-0.15, -0.1) is 0 Å². The summed E-state index contributed by atoms with van der Waals surface area (Å²) < 4.78 is 0. The first-order chi connectivity index (χ1) is 6.15. The van der Waals surface area contributed by atoms with Crippen molar-refractivity contribution in [3.63, 3.8) is 0 Å². The third-order valence-electron chi connectivity index (χ3n) is 2.51. The van der Waals surface area contributed by atoms with Gasteiger partial charge in [0.05, 0.1) is 0 Å². The van der Waals surface area contributed by atoms with E-state index in [2.05, 4.69) is 50.4 Å². The van der Waals surface area contributed by atoms with Crippen LogP contribution >= 0.6 is 0 Å². The van der Waals surface area contributed by atoms with Crippen LogP contribution in [-0.2, 0) is 0 Å². The Morgan fingerprint density at radius 2 is 1.69 bits per heavy atom. The number of nitrogens with one attached hydrogen (secondary N) is 1. The van der Waals surface area contributed by atoms with Crippen LogP contribution < -0.4 is 5.32 Å². The SMILES string of the molecule is CN[C@H](C)c1cccc(C(C)C)c1. The highest BCUT2D eigenvalue weighted by molar-refractivity contribution is 5.27. The highest BCUT2D eigenvalue weighted by atomic mass is 14.8. The van der Waals surface area contributed by atoms with Crippen LogP contribution in [0.4, 0.5) is 0 Å². The van der Waals surface area contributed by atoms with Gasteiger partial charge in [0, 0.05) is 6.04 Å². The summed E-state index contributed by atoms with van der Waals surface area (Å²) >= 11 is 0. The van der Waals surface area contributed by atoms with Crippen molar-refractivity contribution >= 4 is 0 Å². The van der Waals surface area contributed by atoms with Gasteiger partial charge in [-0.1, -0.05) is 38.1 Å². The standard InChI is InChI=1S/C12H19N/c1-9(2)11-6-5-7-12(8-11)10(3)13-4/h5-10,13H,1-4H3/t10-/m1/s1. The quantitative estimate of drug-likeness (QED) is 0.748. The summed E-state index contributed by atoms with van der Waals surface area (Å²) in [4.78, 5) is 0. The maximum Gasteiger partial charge on any atom is 0.0289 e. The van der Waals surface area contributed by atoms with Crippen molar-refractivity contribution in [1.82, 2.24) is 5.32 Å². The minimum Gasteiger partial charge on any atom is -0.313 e. The normalized spacial score (nSPS) is 13.3. The molecule has 1 nitrogen and oxygen atoms in total. The summed E-state index contributed by atoms with van der Waals surface area (Å²) in [6, 6.07) is 9.23. The third kappa shape index (κ3) is 2.56. The molecule has 0 saturated carbocycles. The predicted octanol–water partition coefficient (Wildman–Crippen LogP) is 3.09. The minimum atomic E-state index is 0.443. The van der Waals surface area contributed by atoms with E-state index in [1.54, 1.807) is 0 Å². The van der Waals surface area contributed by atoms with Crippen molar-refractivity contribution in [3.8, 4) is 0 Å². The molecular formula is C12H19N. The van der Waals surface area contributed by atoms with Crippen molar-refractivity contribution < 1.29 is 0 Å². The first-order valence-electron chi connectivity index (χ1n) is 4.92. The van der Waals surface area contributed by atoms with Gasteiger partial charge < -0.3 is 5.32 Å². The molecule has 0 spiro atoms. The first kappa shape index (κ1) is 10.3. The Hall–Kier alpha value is -0.820. The van der Waals surface area contributed by atoms with E-state index in [-0.39, 0.29) is 0 Å². The third-order valence-corrected chi connectivity index (χ3v) is 2.51. The maximum atomic E-state index is 3.25. The smallest absolute Gasteiger partial charge is 0.0289 e. The number of hydrogen-bond donors (Lipinski definition) is 1. The number of benzene rings is 1. The Balaban J connectivity index is 2.91. The molecule has 0 radical (unpaired) electrons. The molecule has 0 amide bonds. The molecule has 0 heterocycles. The van der Waals surface area contributed by atoms with Crippen LogP contribution in [0.2, 0.25) is 0 Å². The lowest BCUT2D eigenvalue weighted by molar-refractivity contribution is 0.650. The van der Waals surface area contributed by atoms with Crippen molar-refractivity contribution in [1.29, 1.82) is 0 Å². The number of hydrogen-bond acceptors (Lipinski definition) is 1. The zero-order valence-corrected chi connectivity index (χ0v) is 8.96. The molecule has 0 fully saturated rings. The molecule has 0 aliphatic heterocycles. The molecule has 0 aliphatic carbocycles. The van der Waals surface area contributed by atoms with E-state index in [0.29, 0.717) is 12.0 Å². The molecule has 0 unspecified atom stereocenters. The summed E-state index contributed by atoms with van der Waals surface area (Å²) in [5.74, 6) is 0.615. The van der Waals surface area contributed by atoms with Gasteiger partial charge in [-0.3, -0.25) is 0 Å². The fraction of sp³-hybridized carbons (Fsp3) is 0.500. The second kappa shape index (κ2) is 4.43. The molecule has 1 aromatic carbocycles. The van der Waals surface area contributed by atoms with Crippen molar-refractivity contribution in [2.24, 2.45) is 0 Å². The molecule has 0 aromatic heterocycles. The highest BCUT2D eigenvalue weighted by Crippen LogP contribution is 2.19. The predicted molar refractivity (Wildman–Crippen MR) is 58.0 cm³/mol. The van der Waals surface area contributed by atoms with Crippen LogP contribution in [-0.4, -0.2) is 7.05 Å². The van der Waals surface area contributed by atoms with E-state index in [1.165, 1.54) is 11.1 Å². The van der Waals surface area contributed by atoms with Crippen LogP contribution in [0.25, 0.3) is 0 Å². The van der Waals surface area contributed by atoms with Crippen molar-refractivity contribution in [2.75, 3.05) is 7.05 Å². The summed E-state index contributed by atoms with van der Waals surface area (Å²) in [7, 11) is 1.99. The van der Waals surface area contributed by atoms with E-state index >= 15 is 0 Å². The van der Waals surface area contributed by atoms with Crippen LogP contribution in [0.15, 0.2) is 24.3 Å². The van der Waals surface area contributed by atoms with Gasteiger partial charge >= 0.3 is 0 Å². The average molecular weight is 177 g/mol. The van der Waals surface area contributed by atoms with Gasteiger partial charge in [-0.2, -0.15) is 0 Å². The second-order valence-electron chi connectivity index (χ2n) is 3.84. The molecule has 1 heteroatoms. The van der Waals surface area contributed by atoms with Crippen LogP contribution in [0.5, 0.6) is 0 Å². The molecule has 0 aliphatic rings. The van der Waals surface area contributed by atoms with Gasteiger partial charge in [0.1, 0.15) is 0 Å². The molecule has 13 heavy (non-hydrogen) atoms. The Morgan fingerprint density at radius 1 is 1.08 bits per heavy atom. The topological polar surface area (TPSA) is 12.0 Å². The minimum absolute atomic E-state index is 0.443. The maximum absolute atomic E-state index is 3.25. The average Bonchev–Trinajstić information content (AvgIpc) is 2.17. The summed E-state index contributed by atoms with van der Waals surface area (Å²) in [6.07, 6.45) is 0. The summed E-state index contributed by atoms with van der Waals surface area (Å²) in [5, 5.41) is 3.25. The molecular weight excluding hydrogens is 158 g/mol. The van der Waals surface area contributed by atoms with E-state index < -0.39 is 0 Å². The molecule has 0 saturated heterocycles. The fourth-order valence-electron chi connectivity index (χ4n) is 1.35. The molecule has 0 bridgehead atoms. The largest absolute Gasteiger partial charge is 0.313 e. The van der Waals surface area contributed by atoms with Crippen LogP contribution in [0, 0.1) is 0 Å². The molecule has 1 aromatic rings. The molecule has 1 atom stereocenters. The van der Waals surface area contributed by atoms with E-state index in [1.807, 2.05) is 7.05 Å². The Kier molecular flexibility index (Phi) is 3.49. The van der Waals surface area contributed by atoms with Gasteiger partial charge in [-0.25, -0.2) is 0 Å². The van der Waals surface area contributed by atoms with Gasteiger partial charge in [0.25, 0.3) is 0 Å². The summed E-state index contributed by atoms with van der Waals surface area (Å²) in [6.45, 7) is 6.63. The van der Waals surface area contributed by atoms with E-state index in [4.69, 9.17) is 0 Å². The zero-order chi connectivity index (χ0) is 9.84. The van der Waals surface area contributed by atoms with Crippen molar-refractivity contribution in [3.05, 3.63) is 35.4 Å². The Labute approximate surface area is 81.2 Å². The lowest BCUT2D eigenvalue weighted by Crippen LogP contribution is -2.12. The van der Waals surface area contributed by atoms with Gasteiger partial charge in [0.2, 0.25) is 0 Å². The molecule has 1 N–H and O–H groups in total. The monoisotopic (exact) mass is 177 g/mol. The van der Waals surface area contributed by atoms with Crippen molar-refractivity contribution in [2.45, 2.75) is 32.7 Å². The first-order valence-corrected chi connectivity index (χ1v) is 4.92. The van der Waals surface area contributed by atoms with Gasteiger partial charge in [0.15, 0.2) is 0 Å². The molecule has 72 valence electrons. The number of rotatable bonds is 3. The van der Waals surface area contributed by atoms with E-state index in [9.17, 15) is 0 Å². The zero-order valence-electron chi connectivity index (χ0n) is 8.96. The Morgan fingerprint density at radius 3 is 2.23 bits per heavy atom. The lowest BCUT2D eigenvalue weighted by Gasteiger charge is -2.13. The lowest BCUT2D eigenvalue weighted by atomic mass is 9.98.